The zero-order chi connectivity index (χ0) is 15.1. The highest BCUT2D eigenvalue weighted by atomic mass is 16.3. The molecule has 0 radical (unpaired) electrons. The fraction of sp³-hybridized carbons (Fsp3) is 0.684. The van der Waals surface area contributed by atoms with Crippen molar-refractivity contribution in [2.45, 2.75) is 82.8 Å². The molecule has 1 aromatic rings. The van der Waals surface area contributed by atoms with Gasteiger partial charge in [-0.3, -0.25) is 0 Å². The Hall–Kier alpha value is -0.860. The number of nitrogens with two attached hydrogens (primary N) is 1. The van der Waals surface area contributed by atoms with Crippen LogP contribution in [0.1, 0.15) is 88.3 Å². The topological polar surface area (TPSA) is 46.2 Å². The van der Waals surface area contributed by atoms with Crippen molar-refractivity contribution >= 4 is 0 Å². The number of hydrogen-bond acceptors (Lipinski definition) is 2. The van der Waals surface area contributed by atoms with Crippen molar-refractivity contribution in [3.05, 3.63) is 35.4 Å². The first-order valence-electron chi connectivity index (χ1n) is 8.75. The molecule has 0 heterocycles. The molecule has 0 amide bonds. The van der Waals surface area contributed by atoms with Crippen LogP contribution in [0.2, 0.25) is 0 Å². The second-order valence-electron chi connectivity index (χ2n) is 6.65. The van der Waals surface area contributed by atoms with Gasteiger partial charge in [0.15, 0.2) is 0 Å². The Kier molecular flexibility index (Phi) is 6.25. The Bertz CT molecular complexity index is 431. The van der Waals surface area contributed by atoms with Gasteiger partial charge in [0.1, 0.15) is 0 Å². The van der Waals surface area contributed by atoms with Crippen molar-refractivity contribution < 1.29 is 5.11 Å². The fourth-order valence-electron chi connectivity index (χ4n) is 3.62. The fourth-order valence-corrected chi connectivity index (χ4v) is 3.62. The lowest BCUT2D eigenvalue weighted by molar-refractivity contribution is 0.0222. The van der Waals surface area contributed by atoms with Gasteiger partial charge < -0.3 is 10.8 Å². The minimum Gasteiger partial charge on any atom is -0.385 e. The standard InChI is InChI=1S/C19H31NO/c1-2-3-4-5-6-7-8-11-14-19(21)15-18(20)16-12-9-10-13-17(16)19/h9-10,12-13,18,21H,2-8,11,14-15,20H2,1H3. The zero-order valence-electron chi connectivity index (χ0n) is 13.5. The lowest BCUT2D eigenvalue weighted by Gasteiger charge is -2.24. The summed E-state index contributed by atoms with van der Waals surface area (Å²) >= 11 is 0. The SMILES string of the molecule is CCCCCCCCCCC1(O)CC(N)c2ccccc21. The van der Waals surface area contributed by atoms with E-state index in [2.05, 4.69) is 13.0 Å². The highest BCUT2D eigenvalue weighted by Gasteiger charge is 2.39. The molecule has 2 heteroatoms. The largest absolute Gasteiger partial charge is 0.385 e. The van der Waals surface area contributed by atoms with Crippen LogP contribution in [0.4, 0.5) is 0 Å². The summed E-state index contributed by atoms with van der Waals surface area (Å²) in [6, 6.07) is 8.13. The molecule has 21 heavy (non-hydrogen) atoms. The van der Waals surface area contributed by atoms with Gasteiger partial charge in [0.25, 0.3) is 0 Å². The minimum absolute atomic E-state index is 0.000226. The maximum atomic E-state index is 10.9. The van der Waals surface area contributed by atoms with E-state index in [0.29, 0.717) is 6.42 Å². The first kappa shape index (κ1) is 16.5. The second-order valence-corrected chi connectivity index (χ2v) is 6.65. The van der Waals surface area contributed by atoms with Crippen LogP contribution in [0.5, 0.6) is 0 Å². The molecule has 2 rings (SSSR count). The molecule has 1 aromatic carbocycles. The normalized spacial score (nSPS) is 24.2. The van der Waals surface area contributed by atoms with Crippen LogP contribution >= 0.6 is 0 Å². The quantitative estimate of drug-likeness (QED) is 0.641. The highest BCUT2D eigenvalue weighted by molar-refractivity contribution is 5.39. The van der Waals surface area contributed by atoms with Crippen LogP contribution in [0, 0.1) is 0 Å². The van der Waals surface area contributed by atoms with Gasteiger partial charge in [-0.25, -0.2) is 0 Å². The monoisotopic (exact) mass is 289 g/mol. The summed E-state index contributed by atoms with van der Waals surface area (Å²) in [5, 5.41) is 10.9. The van der Waals surface area contributed by atoms with E-state index in [1.165, 1.54) is 44.9 Å². The minimum atomic E-state index is -0.682. The number of hydrogen-bond donors (Lipinski definition) is 2. The molecule has 0 fully saturated rings. The van der Waals surface area contributed by atoms with Crippen LogP contribution < -0.4 is 5.73 Å². The van der Waals surface area contributed by atoms with E-state index < -0.39 is 5.60 Å². The van der Waals surface area contributed by atoms with E-state index in [-0.39, 0.29) is 6.04 Å². The van der Waals surface area contributed by atoms with E-state index in [9.17, 15) is 5.11 Å². The van der Waals surface area contributed by atoms with Gasteiger partial charge in [-0.05, 0) is 24.0 Å². The summed E-state index contributed by atoms with van der Waals surface area (Å²) in [6.07, 6.45) is 11.9. The molecule has 0 aliphatic heterocycles. The number of rotatable bonds is 9. The third-order valence-electron chi connectivity index (χ3n) is 4.86. The molecule has 118 valence electrons. The Morgan fingerprint density at radius 2 is 1.67 bits per heavy atom. The van der Waals surface area contributed by atoms with Gasteiger partial charge in [0.05, 0.1) is 5.60 Å². The van der Waals surface area contributed by atoms with E-state index in [4.69, 9.17) is 5.73 Å². The molecule has 0 aromatic heterocycles. The van der Waals surface area contributed by atoms with Crippen LogP contribution in [-0.4, -0.2) is 5.11 Å². The number of aliphatic hydroxyl groups is 1. The van der Waals surface area contributed by atoms with E-state index in [1.807, 2.05) is 18.2 Å². The molecule has 2 atom stereocenters. The predicted octanol–water partition coefficient (Wildman–Crippen LogP) is 4.81. The van der Waals surface area contributed by atoms with E-state index >= 15 is 0 Å². The van der Waals surface area contributed by atoms with Crippen molar-refractivity contribution in [1.82, 2.24) is 0 Å². The van der Waals surface area contributed by atoms with Gasteiger partial charge in [0.2, 0.25) is 0 Å². The van der Waals surface area contributed by atoms with Crippen molar-refractivity contribution in [1.29, 1.82) is 0 Å². The average Bonchev–Trinajstić information content (AvgIpc) is 2.74. The van der Waals surface area contributed by atoms with Crippen molar-refractivity contribution in [3.8, 4) is 0 Å². The summed E-state index contributed by atoms with van der Waals surface area (Å²) in [4.78, 5) is 0. The van der Waals surface area contributed by atoms with Gasteiger partial charge in [-0.1, -0.05) is 82.6 Å². The molecule has 0 spiro atoms. The second kappa shape index (κ2) is 7.95. The first-order chi connectivity index (χ1) is 10.2. The van der Waals surface area contributed by atoms with E-state index in [1.54, 1.807) is 0 Å². The number of fused-ring (bicyclic) bond motifs is 1. The summed E-state index contributed by atoms with van der Waals surface area (Å²) in [6.45, 7) is 2.25. The summed E-state index contributed by atoms with van der Waals surface area (Å²) < 4.78 is 0. The van der Waals surface area contributed by atoms with Gasteiger partial charge in [-0.2, -0.15) is 0 Å². The molecular formula is C19H31NO. The summed E-state index contributed by atoms with van der Waals surface area (Å²) in [5.74, 6) is 0. The third kappa shape index (κ3) is 4.31. The Morgan fingerprint density at radius 3 is 2.38 bits per heavy atom. The third-order valence-corrected chi connectivity index (χ3v) is 4.86. The van der Waals surface area contributed by atoms with Crippen molar-refractivity contribution in [3.63, 3.8) is 0 Å². The lowest BCUT2D eigenvalue weighted by atomic mass is 9.89. The Balaban J connectivity index is 1.71. The van der Waals surface area contributed by atoms with Gasteiger partial charge in [-0.15, -0.1) is 0 Å². The molecule has 1 aliphatic carbocycles. The van der Waals surface area contributed by atoms with Gasteiger partial charge in [0, 0.05) is 6.04 Å². The maximum absolute atomic E-state index is 10.9. The van der Waals surface area contributed by atoms with Crippen LogP contribution in [0.25, 0.3) is 0 Å². The molecule has 0 saturated heterocycles. The summed E-state index contributed by atoms with van der Waals surface area (Å²) in [5.41, 5.74) is 7.69. The average molecular weight is 289 g/mol. The Labute approximate surface area is 129 Å². The molecule has 2 unspecified atom stereocenters. The number of unbranched alkanes of at least 4 members (excludes halogenated alkanes) is 7. The van der Waals surface area contributed by atoms with E-state index in [0.717, 1.165) is 24.0 Å². The van der Waals surface area contributed by atoms with Crippen LogP contribution in [0.3, 0.4) is 0 Å². The van der Waals surface area contributed by atoms with Crippen molar-refractivity contribution in [2.75, 3.05) is 0 Å². The maximum Gasteiger partial charge on any atom is 0.0917 e. The van der Waals surface area contributed by atoms with Crippen LogP contribution in [0.15, 0.2) is 24.3 Å². The Morgan fingerprint density at radius 1 is 1.05 bits per heavy atom. The predicted molar refractivity (Wildman–Crippen MR) is 89.1 cm³/mol. The molecule has 0 bridgehead atoms. The molecule has 2 nitrogen and oxygen atoms in total. The molecule has 3 N–H and O–H groups in total. The number of benzene rings is 1. The molecular weight excluding hydrogens is 258 g/mol. The zero-order valence-corrected chi connectivity index (χ0v) is 13.5. The molecule has 1 aliphatic rings. The smallest absolute Gasteiger partial charge is 0.0917 e. The molecule has 0 saturated carbocycles. The van der Waals surface area contributed by atoms with Gasteiger partial charge >= 0.3 is 0 Å². The lowest BCUT2D eigenvalue weighted by Crippen LogP contribution is -2.23. The first-order valence-corrected chi connectivity index (χ1v) is 8.75. The van der Waals surface area contributed by atoms with Crippen LogP contribution in [-0.2, 0) is 5.60 Å². The highest BCUT2D eigenvalue weighted by Crippen LogP contribution is 2.44. The van der Waals surface area contributed by atoms with Crippen molar-refractivity contribution in [2.24, 2.45) is 5.73 Å². The summed E-state index contributed by atoms with van der Waals surface area (Å²) in [7, 11) is 0.